The lowest BCUT2D eigenvalue weighted by Crippen LogP contribution is -2.24. The van der Waals surface area contributed by atoms with Gasteiger partial charge in [0.15, 0.2) is 0 Å². The van der Waals surface area contributed by atoms with Crippen LogP contribution in [0.1, 0.15) is 6.92 Å². The van der Waals surface area contributed by atoms with E-state index in [4.69, 9.17) is 22.1 Å². The van der Waals surface area contributed by atoms with Crippen molar-refractivity contribution in [3.05, 3.63) is 23.2 Å². The summed E-state index contributed by atoms with van der Waals surface area (Å²) in [4.78, 5) is 1.90. The topological polar surface area (TPSA) is 38.5 Å². The fourth-order valence-corrected chi connectivity index (χ4v) is 1.33. The number of hydrogen-bond donors (Lipinski definition) is 1. The van der Waals surface area contributed by atoms with Crippen molar-refractivity contribution in [2.24, 2.45) is 5.73 Å². The van der Waals surface area contributed by atoms with Gasteiger partial charge in [-0.3, -0.25) is 0 Å². The summed E-state index contributed by atoms with van der Waals surface area (Å²) in [6.45, 7) is 3.01. The fraction of sp³-hybridized carbons (Fsp3) is 0.400. The van der Waals surface area contributed by atoms with E-state index in [9.17, 15) is 0 Å². The number of anilines is 1. The molecule has 0 spiro atoms. The van der Waals surface area contributed by atoms with Gasteiger partial charge in [0, 0.05) is 12.7 Å². The normalized spacial score (nSPS) is 10.0. The molecule has 0 bridgehead atoms. The molecule has 0 aliphatic rings. The van der Waals surface area contributed by atoms with Crippen molar-refractivity contribution in [3.8, 4) is 5.75 Å². The standard InChI is InChI=1S/C10H15ClN2O/c1-3-14-10-5-4-8(6-9(10)11)13(2)7-12/h4-6H,3,7,12H2,1-2H3. The molecule has 0 aliphatic carbocycles. The fourth-order valence-electron chi connectivity index (χ4n) is 1.11. The zero-order valence-electron chi connectivity index (χ0n) is 8.46. The number of benzene rings is 1. The Hall–Kier alpha value is -0.930. The highest BCUT2D eigenvalue weighted by Crippen LogP contribution is 2.28. The lowest BCUT2D eigenvalue weighted by atomic mass is 10.3. The van der Waals surface area contributed by atoms with Crippen molar-refractivity contribution < 1.29 is 4.74 Å². The van der Waals surface area contributed by atoms with Crippen molar-refractivity contribution >= 4 is 17.3 Å². The van der Waals surface area contributed by atoms with Crippen molar-refractivity contribution in [2.45, 2.75) is 6.92 Å². The molecular weight excluding hydrogens is 200 g/mol. The Morgan fingerprint density at radius 2 is 2.21 bits per heavy atom. The molecule has 0 unspecified atom stereocenters. The zero-order chi connectivity index (χ0) is 10.6. The Morgan fingerprint density at radius 1 is 1.50 bits per heavy atom. The van der Waals surface area contributed by atoms with Crippen LogP contribution in [0.15, 0.2) is 18.2 Å². The SMILES string of the molecule is CCOc1ccc(N(C)CN)cc1Cl. The first kappa shape index (κ1) is 11.1. The molecule has 0 heterocycles. The van der Waals surface area contributed by atoms with Gasteiger partial charge in [0.25, 0.3) is 0 Å². The lowest BCUT2D eigenvalue weighted by Gasteiger charge is -2.17. The molecule has 2 N–H and O–H groups in total. The molecule has 0 atom stereocenters. The van der Waals surface area contributed by atoms with E-state index in [-0.39, 0.29) is 0 Å². The first-order valence-corrected chi connectivity index (χ1v) is 4.90. The third kappa shape index (κ3) is 2.53. The van der Waals surface area contributed by atoms with Crippen LogP contribution < -0.4 is 15.4 Å². The van der Waals surface area contributed by atoms with Crippen molar-refractivity contribution in [2.75, 3.05) is 25.2 Å². The summed E-state index contributed by atoms with van der Waals surface area (Å²) in [6, 6.07) is 5.64. The predicted octanol–water partition coefficient (Wildman–Crippen LogP) is 2.09. The molecule has 3 nitrogen and oxygen atoms in total. The molecule has 0 saturated carbocycles. The summed E-state index contributed by atoms with van der Waals surface area (Å²) in [5.41, 5.74) is 6.49. The smallest absolute Gasteiger partial charge is 0.138 e. The van der Waals surface area contributed by atoms with E-state index in [0.29, 0.717) is 24.0 Å². The quantitative estimate of drug-likeness (QED) is 0.781. The number of ether oxygens (including phenoxy) is 1. The molecule has 0 aromatic heterocycles. The number of nitrogens with two attached hydrogens (primary N) is 1. The van der Waals surface area contributed by atoms with Crippen LogP contribution in [0.4, 0.5) is 5.69 Å². The first-order chi connectivity index (χ1) is 6.69. The highest BCUT2D eigenvalue weighted by molar-refractivity contribution is 6.32. The van der Waals surface area contributed by atoms with Crippen LogP contribution >= 0.6 is 11.6 Å². The second-order valence-electron chi connectivity index (χ2n) is 2.93. The van der Waals surface area contributed by atoms with Gasteiger partial charge < -0.3 is 15.4 Å². The third-order valence-electron chi connectivity index (χ3n) is 1.93. The molecule has 78 valence electrons. The second-order valence-corrected chi connectivity index (χ2v) is 3.34. The number of hydrogen-bond acceptors (Lipinski definition) is 3. The van der Waals surface area contributed by atoms with Gasteiger partial charge in [0.2, 0.25) is 0 Å². The van der Waals surface area contributed by atoms with E-state index in [1.165, 1.54) is 0 Å². The molecule has 4 heteroatoms. The number of rotatable bonds is 4. The van der Waals surface area contributed by atoms with Gasteiger partial charge in [-0.2, -0.15) is 0 Å². The summed E-state index contributed by atoms with van der Waals surface area (Å²) < 4.78 is 5.32. The van der Waals surface area contributed by atoms with Crippen LogP contribution in [0.25, 0.3) is 0 Å². The largest absolute Gasteiger partial charge is 0.492 e. The molecule has 0 saturated heterocycles. The average molecular weight is 215 g/mol. The number of nitrogens with zero attached hydrogens (tertiary/aromatic N) is 1. The Bertz CT molecular complexity index is 304. The van der Waals surface area contributed by atoms with E-state index < -0.39 is 0 Å². The molecule has 1 aromatic carbocycles. The highest BCUT2D eigenvalue weighted by Gasteiger charge is 2.04. The van der Waals surface area contributed by atoms with E-state index >= 15 is 0 Å². The van der Waals surface area contributed by atoms with Crippen LogP contribution in [-0.2, 0) is 0 Å². The third-order valence-corrected chi connectivity index (χ3v) is 2.23. The minimum absolute atomic E-state index is 0.463. The average Bonchev–Trinajstić information content (AvgIpc) is 2.20. The van der Waals surface area contributed by atoms with Crippen LogP contribution in [0, 0.1) is 0 Å². The van der Waals surface area contributed by atoms with E-state index in [1.54, 1.807) is 0 Å². The maximum Gasteiger partial charge on any atom is 0.138 e. The van der Waals surface area contributed by atoms with Gasteiger partial charge in [-0.15, -0.1) is 0 Å². The van der Waals surface area contributed by atoms with E-state index in [1.807, 2.05) is 37.1 Å². The summed E-state index contributed by atoms with van der Waals surface area (Å²) in [5.74, 6) is 0.711. The van der Waals surface area contributed by atoms with Crippen LogP contribution in [0.3, 0.4) is 0 Å². The van der Waals surface area contributed by atoms with Gasteiger partial charge in [0.05, 0.1) is 18.3 Å². The Balaban J connectivity index is 2.88. The Labute approximate surface area is 89.4 Å². The minimum atomic E-state index is 0.463. The molecule has 0 fully saturated rings. The second kappa shape index (κ2) is 5.08. The maximum absolute atomic E-state index is 6.02. The Kier molecular flexibility index (Phi) is 4.04. The molecule has 1 aromatic rings. The van der Waals surface area contributed by atoms with Crippen molar-refractivity contribution in [3.63, 3.8) is 0 Å². The summed E-state index contributed by atoms with van der Waals surface area (Å²) in [7, 11) is 1.91. The van der Waals surface area contributed by atoms with Crippen LogP contribution in [0.2, 0.25) is 5.02 Å². The van der Waals surface area contributed by atoms with Gasteiger partial charge in [-0.1, -0.05) is 11.6 Å². The molecule has 0 aliphatic heterocycles. The summed E-state index contributed by atoms with van der Waals surface area (Å²) in [6.07, 6.45) is 0. The van der Waals surface area contributed by atoms with Gasteiger partial charge in [-0.05, 0) is 25.1 Å². The molecule has 1 rings (SSSR count). The maximum atomic E-state index is 6.02. The lowest BCUT2D eigenvalue weighted by molar-refractivity contribution is 0.340. The monoisotopic (exact) mass is 214 g/mol. The Morgan fingerprint density at radius 3 is 2.71 bits per heavy atom. The van der Waals surface area contributed by atoms with E-state index in [0.717, 1.165) is 5.69 Å². The van der Waals surface area contributed by atoms with Gasteiger partial charge >= 0.3 is 0 Å². The molecular formula is C10H15ClN2O. The van der Waals surface area contributed by atoms with Crippen LogP contribution in [0.5, 0.6) is 5.75 Å². The minimum Gasteiger partial charge on any atom is -0.492 e. The zero-order valence-corrected chi connectivity index (χ0v) is 9.21. The first-order valence-electron chi connectivity index (χ1n) is 4.52. The summed E-state index contributed by atoms with van der Waals surface area (Å²) >= 11 is 6.02. The highest BCUT2D eigenvalue weighted by atomic mass is 35.5. The van der Waals surface area contributed by atoms with Crippen molar-refractivity contribution in [1.82, 2.24) is 0 Å². The molecule has 0 amide bonds. The summed E-state index contributed by atoms with van der Waals surface area (Å²) in [5, 5.41) is 0.615. The molecule has 14 heavy (non-hydrogen) atoms. The predicted molar refractivity (Wildman–Crippen MR) is 60.1 cm³/mol. The van der Waals surface area contributed by atoms with Gasteiger partial charge in [0.1, 0.15) is 5.75 Å². The van der Waals surface area contributed by atoms with Gasteiger partial charge in [-0.25, -0.2) is 0 Å². The van der Waals surface area contributed by atoms with Crippen LogP contribution in [-0.4, -0.2) is 20.3 Å². The number of halogens is 1. The molecule has 0 radical (unpaired) electrons. The van der Waals surface area contributed by atoms with E-state index in [2.05, 4.69) is 0 Å². The van der Waals surface area contributed by atoms with Crippen molar-refractivity contribution in [1.29, 1.82) is 0 Å².